The van der Waals surface area contributed by atoms with Crippen LogP contribution in [-0.4, -0.2) is 104 Å². The van der Waals surface area contributed by atoms with Crippen LogP contribution in [0, 0.1) is 11.8 Å². The van der Waals surface area contributed by atoms with Crippen molar-refractivity contribution >= 4 is 17.6 Å². The Balaban J connectivity index is 1.18. The van der Waals surface area contributed by atoms with E-state index in [1.807, 2.05) is 4.90 Å². The zero-order valence-corrected chi connectivity index (χ0v) is 26.0. The molecule has 4 saturated heterocycles. The molecule has 1 aliphatic carbocycles. The molecule has 8 nitrogen and oxygen atoms in total. The van der Waals surface area contributed by atoms with Gasteiger partial charge < -0.3 is 24.4 Å². The standard InChI is InChI=1S/C33H45F4N3O5/c1-44-20-23-18-40(30(43)32(34)12-15-39(21-32)25-5-10-31(11-6-25)9-2-16-45-31)19-27(23)26-4-3-24(33(35,36)37)17-28(26)38-13-7-22(8-14-38)29(41)42/h3-4,17,22-23,25,27H,2,5-16,18-21H2,1H3,(H,41,42)/t23-,25-,27+,31+,32-/m1/s1. The number of carboxylic acid groups (broad SMARTS) is 1. The van der Waals surface area contributed by atoms with Gasteiger partial charge in [0.1, 0.15) is 0 Å². The predicted molar refractivity (Wildman–Crippen MR) is 159 cm³/mol. The summed E-state index contributed by atoms with van der Waals surface area (Å²) in [5.41, 5.74) is -1.74. The van der Waals surface area contributed by atoms with E-state index in [9.17, 15) is 27.9 Å². The number of hydrogen-bond acceptors (Lipinski definition) is 6. The number of piperidine rings is 1. The summed E-state index contributed by atoms with van der Waals surface area (Å²) in [5, 5.41) is 9.44. The van der Waals surface area contributed by atoms with Gasteiger partial charge in [-0.05, 0) is 69.1 Å². The molecule has 1 aromatic rings. The van der Waals surface area contributed by atoms with Gasteiger partial charge in [-0.2, -0.15) is 13.2 Å². The van der Waals surface area contributed by atoms with E-state index in [4.69, 9.17) is 9.47 Å². The SMILES string of the molecule is COC[C@H]1CN(C(=O)[C@@]2(F)CCN([C@H]3CC[C@]4(CCCO4)CC3)C2)C[C@@H]1c1ccc(C(F)(F)F)cc1N1CCC(C(=O)O)CC1. The van der Waals surface area contributed by atoms with Crippen molar-refractivity contribution in [3.63, 3.8) is 0 Å². The average Bonchev–Trinajstić information content (AvgIpc) is 3.76. The zero-order valence-electron chi connectivity index (χ0n) is 26.0. The molecule has 5 aliphatic rings. The highest BCUT2D eigenvalue weighted by Crippen LogP contribution is 2.45. The number of nitrogens with zero attached hydrogens (tertiary/aromatic N) is 3. The number of ether oxygens (including phenoxy) is 2. The molecule has 1 aromatic carbocycles. The van der Waals surface area contributed by atoms with E-state index in [-0.39, 0.29) is 56.1 Å². The van der Waals surface area contributed by atoms with Crippen LogP contribution in [0.2, 0.25) is 0 Å². The first-order valence-electron chi connectivity index (χ1n) is 16.5. The minimum absolute atomic E-state index is 0.0108. The number of carbonyl (C=O) groups is 2. The van der Waals surface area contributed by atoms with Gasteiger partial charge in [0, 0.05) is 83.0 Å². The van der Waals surface area contributed by atoms with Gasteiger partial charge in [0.25, 0.3) is 5.91 Å². The molecule has 3 atom stereocenters. The zero-order chi connectivity index (χ0) is 32.0. The molecule has 0 unspecified atom stereocenters. The first-order chi connectivity index (χ1) is 21.4. The highest BCUT2D eigenvalue weighted by Gasteiger charge is 2.52. The van der Waals surface area contributed by atoms with E-state index in [0.717, 1.165) is 57.3 Å². The van der Waals surface area contributed by atoms with Crippen LogP contribution in [0.1, 0.15) is 74.8 Å². The second kappa shape index (κ2) is 12.6. The highest BCUT2D eigenvalue weighted by molar-refractivity contribution is 5.86. The molecule has 6 rings (SSSR count). The number of halogens is 4. The monoisotopic (exact) mass is 639 g/mol. The van der Waals surface area contributed by atoms with E-state index in [2.05, 4.69) is 4.90 Å². The number of amides is 1. The topological polar surface area (TPSA) is 82.6 Å². The van der Waals surface area contributed by atoms with Crippen molar-refractivity contribution < 1.29 is 41.7 Å². The summed E-state index contributed by atoms with van der Waals surface area (Å²) >= 11 is 0. The molecule has 4 aliphatic heterocycles. The summed E-state index contributed by atoms with van der Waals surface area (Å²) in [6.45, 7) is 2.74. The smallest absolute Gasteiger partial charge is 0.416 e. The highest BCUT2D eigenvalue weighted by atomic mass is 19.4. The van der Waals surface area contributed by atoms with Gasteiger partial charge in [-0.15, -0.1) is 0 Å². The van der Waals surface area contributed by atoms with Crippen molar-refractivity contribution in [2.24, 2.45) is 11.8 Å². The third-order valence-corrected chi connectivity index (χ3v) is 11.3. The molecule has 0 aromatic heterocycles. The van der Waals surface area contributed by atoms with E-state index < -0.39 is 35.2 Å². The summed E-state index contributed by atoms with van der Waals surface area (Å²) in [4.78, 5) is 30.9. The fourth-order valence-electron chi connectivity index (χ4n) is 8.66. The summed E-state index contributed by atoms with van der Waals surface area (Å²) in [6, 6.07) is 3.92. The second-order valence-electron chi connectivity index (χ2n) is 14.0. The Morgan fingerprint density at radius 3 is 2.40 bits per heavy atom. The summed E-state index contributed by atoms with van der Waals surface area (Å²) < 4.78 is 69.5. The number of rotatable bonds is 7. The Kier molecular flexibility index (Phi) is 9.13. The van der Waals surface area contributed by atoms with E-state index in [0.29, 0.717) is 43.7 Å². The van der Waals surface area contributed by atoms with Crippen molar-refractivity contribution in [1.82, 2.24) is 9.80 Å². The molecule has 1 N–H and O–H groups in total. The van der Waals surface area contributed by atoms with Crippen molar-refractivity contribution in [3.8, 4) is 0 Å². The average molecular weight is 640 g/mol. The van der Waals surface area contributed by atoms with Crippen LogP contribution in [-0.2, 0) is 25.2 Å². The minimum atomic E-state index is -4.55. The first-order valence-corrected chi connectivity index (χ1v) is 16.5. The Morgan fingerprint density at radius 2 is 1.78 bits per heavy atom. The molecule has 1 amide bonds. The Bertz CT molecular complexity index is 1240. The number of methoxy groups -OCH3 is 1. The molecule has 12 heteroatoms. The number of anilines is 1. The van der Waals surface area contributed by atoms with Gasteiger partial charge in [0.05, 0.1) is 23.7 Å². The first kappa shape index (κ1) is 32.5. The van der Waals surface area contributed by atoms with Crippen LogP contribution < -0.4 is 4.90 Å². The van der Waals surface area contributed by atoms with Crippen LogP contribution in [0.25, 0.3) is 0 Å². The molecular formula is C33H45F4N3O5. The van der Waals surface area contributed by atoms with Gasteiger partial charge in [-0.1, -0.05) is 6.07 Å². The fraction of sp³-hybridized carbons (Fsp3) is 0.758. The number of aliphatic carboxylic acids is 1. The number of carbonyl (C=O) groups excluding carboxylic acids is 1. The molecule has 0 radical (unpaired) electrons. The summed E-state index contributed by atoms with van der Waals surface area (Å²) in [6.07, 6.45) is 2.24. The number of benzene rings is 1. The number of likely N-dealkylation sites (tertiary alicyclic amines) is 2. The van der Waals surface area contributed by atoms with Gasteiger partial charge >= 0.3 is 12.1 Å². The van der Waals surface area contributed by atoms with Crippen molar-refractivity contribution in [2.45, 2.75) is 87.2 Å². The van der Waals surface area contributed by atoms with E-state index >= 15 is 4.39 Å². The van der Waals surface area contributed by atoms with Gasteiger partial charge in [-0.3, -0.25) is 14.5 Å². The molecule has 0 bridgehead atoms. The lowest BCUT2D eigenvalue weighted by molar-refractivity contribution is -0.143. The summed E-state index contributed by atoms with van der Waals surface area (Å²) in [7, 11) is 1.54. The second-order valence-corrected chi connectivity index (χ2v) is 14.0. The molecule has 4 heterocycles. The molecule has 45 heavy (non-hydrogen) atoms. The maximum absolute atomic E-state index is 16.5. The van der Waals surface area contributed by atoms with Crippen LogP contribution in [0.3, 0.4) is 0 Å². The number of alkyl halides is 4. The molecule has 1 saturated carbocycles. The quantitative estimate of drug-likeness (QED) is 0.416. The lowest BCUT2D eigenvalue weighted by atomic mass is 9.80. The fourth-order valence-corrected chi connectivity index (χ4v) is 8.66. The van der Waals surface area contributed by atoms with Gasteiger partial charge in [-0.25, -0.2) is 4.39 Å². The minimum Gasteiger partial charge on any atom is -0.481 e. The number of carboxylic acids is 1. The summed E-state index contributed by atoms with van der Waals surface area (Å²) in [5.74, 6) is -2.56. The van der Waals surface area contributed by atoms with Crippen LogP contribution in [0.4, 0.5) is 23.2 Å². The largest absolute Gasteiger partial charge is 0.481 e. The van der Waals surface area contributed by atoms with Crippen LogP contribution >= 0.6 is 0 Å². The Hall–Kier alpha value is -2.44. The molecule has 5 fully saturated rings. The Morgan fingerprint density at radius 1 is 1.04 bits per heavy atom. The van der Waals surface area contributed by atoms with E-state index in [1.165, 1.54) is 6.07 Å². The molecule has 1 spiro atoms. The van der Waals surface area contributed by atoms with Crippen molar-refractivity contribution in [2.75, 3.05) is 64.5 Å². The maximum atomic E-state index is 16.5. The predicted octanol–water partition coefficient (Wildman–Crippen LogP) is 5.10. The third-order valence-electron chi connectivity index (χ3n) is 11.3. The van der Waals surface area contributed by atoms with Gasteiger partial charge in [0.2, 0.25) is 5.67 Å². The normalized spacial score (nSPS) is 33.4. The van der Waals surface area contributed by atoms with Crippen LogP contribution in [0.15, 0.2) is 18.2 Å². The third kappa shape index (κ3) is 6.56. The van der Waals surface area contributed by atoms with Crippen molar-refractivity contribution in [1.29, 1.82) is 0 Å². The van der Waals surface area contributed by atoms with E-state index in [1.54, 1.807) is 12.0 Å². The van der Waals surface area contributed by atoms with Crippen LogP contribution in [0.5, 0.6) is 0 Å². The lowest BCUT2D eigenvalue weighted by Gasteiger charge is -2.40. The molecule has 250 valence electrons. The van der Waals surface area contributed by atoms with Gasteiger partial charge in [0.15, 0.2) is 0 Å². The maximum Gasteiger partial charge on any atom is 0.416 e. The number of hydrogen-bond donors (Lipinski definition) is 1. The lowest BCUT2D eigenvalue weighted by Crippen LogP contribution is -2.49. The van der Waals surface area contributed by atoms with Crippen molar-refractivity contribution in [3.05, 3.63) is 29.3 Å². The molecular weight excluding hydrogens is 594 g/mol. The Labute approximate surface area is 262 Å².